The minimum Gasteiger partial charge on any atom is -0.274 e. The SMILES string of the molecule is CC(c1ccccc1)N1SC(Cl)(Cl)C(Cl)(Cl)C1=O. The summed E-state index contributed by atoms with van der Waals surface area (Å²) >= 11 is 24.8. The molecular weight excluding hydrogens is 336 g/mol. The highest BCUT2D eigenvalue weighted by molar-refractivity contribution is 8.02. The molecule has 2 nitrogen and oxygen atoms in total. The van der Waals surface area contributed by atoms with Crippen LogP contribution in [0.3, 0.4) is 0 Å². The molecule has 0 aromatic heterocycles. The summed E-state index contributed by atoms with van der Waals surface area (Å²) in [5, 5.41) is 0. The van der Waals surface area contributed by atoms with E-state index in [1.54, 1.807) is 0 Å². The van der Waals surface area contributed by atoms with Gasteiger partial charge in [-0.15, -0.1) is 0 Å². The first-order valence-corrected chi connectivity index (χ1v) is 7.39. The molecule has 0 spiro atoms. The molecule has 1 saturated heterocycles. The number of rotatable bonds is 2. The minimum absolute atomic E-state index is 0.222. The Morgan fingerprint density at radius 3 is 2.17 bits per heavy atom. The van der Waals surface area contributed by atoms with Crippen molar-refractivity contribution in [3.63, 3.8) is 0 Å². The van der Waals surface area contributed by atoms with Crippen LogP contribution in [0.25, 0.3) is 0 Å². The Morgan fingerprint density at radius 2 is 1.72 bits per heavy atom. The highest BCUT2D eigenvalue weighted by Gasteiger charge is 2.63. The molecule has 7 heteroatoms. The first kappa shape index (κ1) is 14.6. The highest BCUT2D eigenvalue weighted by atomic mass is 35.5. The average Bonchev–Trinajstić information content (AvgIpc) is 2.50. The molecule has 0 N–H and O–H groups in total. The summed E-state index contributed by atoms with van der Waals surface area (Å²) in [6.45, 7) is 1.86. The van der Waals surface area contributed by atoms with Crippen molar-refractivity contribution in [2.75, 3.05) is 0 Å². The smallest absolute Gasteiger partial charge is 0.273 e. The fourth-order valence-electron chi connectivity index (χ4n) is 1.61. The summed E-state index contributed by atoms with van der Waals surface area (Å²) in [5.74, 6) is -0.503. The Labute approximate surface area is 130 Å². The molecule has 0 radical (unpaired) electrons. The second kappa shape index (κ2) is 4.95. The summed E-state index contributed by atoms with van der Waals surface area (Å²) in [7, 11) is 0. The van der Waals surface area contributed by atoms with Crippen molar-refractivity contribution in [1.29, 1.82) is 0 Å². The molecule has 0 aliphatic carbocycles. The zero-order valence-corrected chi connectivity index (χ0v) is 13.1. The maximum atomic E-state index is 12.1. The van der Waals surface area contributed by atoms with E-state index in [1.165, 1.54) is 4.31 Å². The van der Waals surface area contributed by atoms with Crippen LogP contribution in [0, 0.1) is 0 Å². The van der Waals surface area contributed by atoms with Crippen LogP contribution in [-0.4, -0.2) is 18.2 Å². The van der Waals surface area contributed by atoms with Gasteiger partial charge in [0.2, 0.25) is 8.00 Å². The standard InChI is InChI=1S/C11H9Cl4NOS/c1-7(8-5-3-2-4-6-8)16-9(17)10(12,13)11(14,15)18-16/h2-7H,1H3. The van der Waals surface area contributed by atoms with E-state index in [9.17, 15) is 4.79 Å². The van der Waals surface area contributed by atoms with Gasteiger partial charge in [0.1, 0.15) is 0 Å². The third-order valence-corrected chi connectivity index (χ3v) is 6.38. The number of benzene rings is 1. The summed E-state index contributed by atoms with van der Waals surface area (Å²) in [4.78, 5) is 12.1. The van der Waals surface area contributed by atoms with Crippen molar-refractivity contribution >= 4 is 64.3 Å². The Morgan fingerprint density at radius 1 is 1.17 bits per heavy atom. The lowest BCUT2D eigenvalue weighted by Gasteiger charge is -2.23. The number of carbonyl (C=O) groups excluding carboxylic acids is 1. The Kier molecular flexibility index (Phi) is 4.02. The van der Waals surface area contributed by atoms with Crippen molar-refractivity contribution in [3.8, 4) is 0 Å². The molecule has 98 valence electrons. The fourth-order valence-corrected chi connectivity index (χ4v) is 3.65. The predicted octanol–water partition coefficient (Wildman–Crippen LogP) is 4.54. The van der Waals surface area contributed by atoms with Crippen molar-refractivity contribution in [3.05, 3.63) is 35.9 Å². The molecule has 18 heavy (non-hydrogen) atoms. The number of alkyl halides is 4. The van der Waals surface area contributed by atoms with E-state index in [1.807, 2.05) is 37.3 Å². The first-order chi connectivity index (χ1) is 8.27. The second-order valence-corrected chi connectivity index (χ2v) is 8.19. The Balaban J connectivity index is 2.29. The van der Waals surface area contributed by atoms with Crippen LogP contribution < -0.4 is 0 Å². The summed E-state index contributed by atoms with van der Waals surface area (Å²) in [6, 6.07) is 9.27. The lowest BCUT2D eigenvalue weighted by Crippen LogP contribution is -2.37. The van der Waals surface area contributed by atoms with Crippen LogP contribution in [0.4, 0.5) is 0 Å². The van der Waals surface area contributed by atoms with Gasteiger partial charge in [-0.05, 0) is 24.4 Å². The predicted molar refractivity (Wildman–Crippen MR) is 78.2 cm³/mol. The third-order valence-electron chi connectivity index (χ3n) is 2.68. The minimum atomic E-state index is -1.84. The normalized spacial score (nSPS) is 23.2. The van der Waals surface area contributed by atoms with Gasteiger partial charge in [0.25, 0.3) is 5.91 Å². The molecule has 1 heterocycles. The number of nitrogens with zero attached hydrogens (tertiary/aromatic N) is 1. The van der Waals surface area contributed by atoms with Crippen molar-refractivity contribution in [2.45, 2.75) is 21.0 Å². The fraction of sp³-hybridized carbons (Fsp3) is 0.364. The molecule has 1 aromatic carbocycles. The average molecular weight is 345 g/mol. The molecule has 1 unspecified atom stereocenters. The lowest BCUT2D eigenvalue weighted by atomic mass is 10.1. The quantitative estimate of drug-likeness (QED) is 0.579. The first-order valence-electron chi connectivity index (χ1n) is 5.11. The van der Waals surface area contributed by atoms with E-state index >= 15 is 0 Å². The number of amides is 1. The third kappa shape index (κ3) is 2.32. The maximum Gasteiger partial charge on any atom is 0.273 e. The molecular formula is C11H9Cl4NOS. The van der Waals surface area contributed by atoms with E-state index in [-0.39, 0.29) is 6.04 Å². The van der Waals surface area contributed by atoms with Gasteiger partial charge < -0.3 is 0 Å². The highest BCUT2D eigenvalue weighted by Crippen LogP contribution is 2.60. The van der Waals surface area contributed by atoms with Gasteiger partial charge in [-0.25, -0.2) is 0 Å². The maximum absolute atomic E-state index is 12.1. The van der Waals surface area contributed by atoms with Crippen LogP contribution >= 0.6 is 58.4 Å². The topological polar surface area (TPSA) is 20.3 Å². The van der Waals surface area contributed by atoms with E-state index in [0.29, 0.717) is 0 Å². The van der Waals surface area contributed by atoms with Crippen LogP contribution in [0.2, 0.25) is 0 Å². The summed E-state index contributed by atoms with van der Waals surface area (Å²) in [6.07, 6.45) is 0. The number of hydrogen-bond donors (Lipinski definition) is 0. The molecule has 1 amide bonds. The van der Waals surface area contributed by atoms with Crippen LogP contribution in [0.15, 0.2) is 30.3 Å². The van der Waals surface area contributed by atoms with E-state index in [4.69, 9.17) is 46.4 Å². The molecule has 1 atom stereocenters. The number of halogens is 4. The number of carbonyl (C=O) groups is 1. The zero-order valence-electron chi connectivity index (χ0n) is 9.24. The zero-order chi connectivity index (χ0) is 13.6. The molecule has 1 aliphatic rings. The van der Waals surface area contributed by atoms with Gasteiger partial charge in [0, 0.05) is 0 Å². The summed E-state index contributed by atoms with van der Waals surface area (Å²) in [5.41, 5.74) is 0.952. The van der Waals surface area contributed by atoms with Gasteiger partial charge >= 0.3 is 0 Å². The van der Waals surface area contributed by atoms with E-state index in [2.05, 4.69) is 0 Å². The number of hydrogen-bond acceptors (Lipinski definition) is 2. The monoisotopic (exact) mass is 343 g/mol. The van der Waals surface area contributed by atoms with Gasteiger partial charge in [-0.2, -0.15) is 0 Å². The van der Waals surface area contributed by atoms with Crippen LogP contribution in [0.5, 0.6) is 0 Å². The molecule has 1 aliphatic heterocycles. The van der Waals surface area contributed by atoms with Crippen LogP contribution in [0.1, 0.15) is 18.5 Å². The van der Waals surface area contributed by atoms with Gasteiger partial charge in [-0.3, -0.25) is 9.10 Å². The molecule has 0 bridgehead atoms. The molecule has 0 saturated carbocycles. The molecule has 1 aromatic rings. The van der Waals surface area contributed by atoms with Crippen molar-refractivity contribution in [2.24, 2.45) is 0 Å². The molecule has 2 rings (SSSR count). The van der Waals surface area contributed by atoms with Gasteiger partial charge in [0.15, 0.2) is 0 Å². The molecule has 1 fully saturated rings. The lowest BCUT2D eigenvalue weighted by molar-refractivity contribution is -0.126. The Hall–Kier alpha value is 0.200. The van der Waals surface area contributed by atoms with Crippen molar-refractivity contribution < 1.29 is 4.79 Å². The van der Waals surface area contributed by atoms with Gasteiger partial charge in [-0.1, -0.05) is 76.7 Å². The van der Waals surface area contributed by atoms with Gasteiger partial charge in [0.05, 0.1) is 6.04 Å². The van der Waals surface area contributed by atoms with Crippen molar-refractivity contribution in [1.82, 2.24) is 4.31 Å². The Bertz CT molecular complexity index is 465. The van der Waals surface area contributed by atoms with Crippen LogP contribution in [-0.2, 0) is 4.79 Å². The largest absolute Gasteiger partial charge is 0.274 e. The summed E-state index contributed by atoms with van der Waals surface area (Å²) < 4.78 is -2.02. The second-order valence-electron chi connectivity index (χ2n) is 3.90. The van der Waals surface area contributed by atoms with E-state index in [0.717, 1.165) is 17.5 Å². The van der Waals surface area contributed by atoms with E-state index < -0.39 is 13.9 Å².